The van der Waals surface area contributed by atoms with Crippen LogP contribution in [0.1, 0.15) is 47.8 Å². The number of hydrogen-bond acceptors (Lipinski definition) is 5. The molecule has 2 heterocycles. The highest BCUT2D eigenvalue weighted by atomic mass is 16.1. The molecule has 0 amide bonds. The van der Waals surface area contributed by atoms with Crippen molar-refractivity contribution in [1.82, 2.24) is 19.7 Å². The first-order chi connectivity index (χ1) is 14.2. The van der Waals surface area contributed by atoms with E-state index < -0.39 is 0 Å². The van der Waals surface area contributed by atoms with E-state index in [0.29, 0.717) is 18.7 Å². The number of Topliss-reactive ketones (excluding diaryl/α,β-unsaturated/α-hetero) is 1. The van der Waals surface area contributed by atoms with Crippen LogP contribution in [0.5, 0.6) is 0 Å². The summed E-state index contributed by atoms with van der Waals surface area (Å²) < 4.78 is 1.87. The van der Waals surface area contributed by atoms with E-state index >= 15 is 0 Å². The second-order valence-corrected chi connectivity index (χ2v) is 7.77. The summed E-state index contributed by atoms with van der Waals surface area (Å²) in [5.41, 5.74) is 2.61. The maximum absolute atomic E-state index is 12.9. The number of anilines is 1. The molecule has 29 heavy (non-hydrogen) atoms. The van der Waals surface area contributed by atoms with E-state index in [1.54, 1.807) is 6.20 Å². The van der Waals surface area contributed by atoms with Crippen LogP contribution in [0.3, 0.4) is 0 Å². The van der Waals surface area contributed by atoms with Gasteiger partial charge in [0.25, 0.3) is 0 Å². The Morgan fingerprint density at radius 1 is 1.17 bits per heavy atom. The topological polar surface area (TPSA) is 63.9 Å². The zero-order valence-electron chi connectivity index (χ0n) is 16.9. The largest absolute Gasteiger partial charge is 0.356 e. The summed E-state index contributed by atoms with van der Waals surface area (Å²) in [5.74, 6) is 1.66. The SMILES string of the molecule is CCCN(CC1CC1)c1cc(C(=O)Cc2cccc(Cn3cccn3)c2)ncn1. The Bertz CT molecular complexity index is 949. The van der Waals surface area contributed by atoms with Crippen LogP contribution in [0.4, 0.5) is 5.82 Å². The zero-order valence-corrected chi connectivity index (χ0v) is 16.9. The molecule has 0 radical (unpaired) electrons. The molecule has 3 aromatic rings. The number of benzene rings is 1. The van der Waals surface area contributed by atoms with Crippen molar-refractivity contribution in [3.05, 3.63) is 71.9 Å². The third-order valence-electron chi connectivity index (χ3n) is 5.19. The summed E-state index contributed by atoms with van der Waals surface area (Å²) in [6, 6.07) is 11.9. The normalized spacial score (nSPS) is 13.4. The molecule has 1 saturated carbocycles. The van der Waals surface area contributed by atoms with E-state index in [1.165, 1.54) is 19.2 Å². The molecule has 1 fully saturated rings. The van der Waals surface area contributed by atoms with Crippen molar-refractivity contribution in [2.24, 2.45) is 5.92 Å². The molecular weight excluding hydrogens is 362 g/mol. The van der Waals surface area contributed by atoms with Crippen LogP contribution >= 0.6 is 0 Å². The van der Waals surface area contributed by atoms with Gasteiger partial charge in [-0.15, -0.1) is 0 Å². The van der Waals surface area contributed by atoms with Crippen LogP contribution in [0.25, 0.3) is 0 Å². The molecule has 0 unspecified atom stereocenters. The molecule has 1 aliphatic rings. The molecule has 4 rings (SSSR count). The lowest BCUT2D eigenvalue weighted by Crippen LogP contribution is -2.27. The maximum Gasteiger partial charge on any atom is 0.185 e. The molecule has 0 spiro atoms. The third kappa shape index (κ3) is 5.28. The smallest absolute Gasteiger partial charge is 0.185 e. The van der Waals surface area contributed by atoms with Crippen molar-refractivity contribution in [2.45, 2.75) is 39.2 Å². The highest BCUT2D eigenvalue weighted by Gasteiger charge is 2.25. The number of ketones is 1. The van der Waals surface area contributed by atoms with Crippen molar-refractivity contribution in [1.29, 1.82) is 0 Å². The fraction of sp³-hybridized carbons (Fsp3) is 0.391. The Kier molecular flexibility index (Phi) is 5.98. The predicted molar refractivity (Wildman–Crippen MR) is 113 cm³/mol. The molecule has 0 saturated heterocycles. The molecule has 6 nitrogen and oxygen atoms in total. The highest BCUT2D eigenvalue weighted by Crippen LogP contribution is 2.31. The minimum absolute atomic E-state index is 0.0211. The fourth-order valence-corrected chi connectivity index (χ4v) is 3.55. The van der Waals surface area contributed by atoms with E-state index in [1.807, 2.05) is 35.1 Å². The lowest BCUT2D eigenvalue weighted by Gasteiger charge is -2.23. The summed E-state index contributed by atoms with van der Waals surface area (Å²) in [5, 5.41) is 4.24. The molecular formula is C23H27N5O. The molecule has 2 aromatic heterocycles. The van der Waals surface area contributed by atoms with Gasteiger partial charge in [0.2, 0.25) is 0 Å². The zero-order chi connectivity index (χ0) is 20.1. The number of aromatic nitrogens is 4. The number of rotatable bonds is 10. The Hall–Kier alpha value is -3.02. The summed E-state index contributed by atoms with van der Waals surface area (Å²) in [7, 11) is 0. The van der Waals surface area contributed by atoms with Gasteiger partial charge in [0.05, 0.1) is 6.54 Å². The molecule has 0 aliphatic heterocycles. The first-order valence-corrected chi connectivity index (χ1v) is 10.4. The van der Waals surface area contributed by atoms with Crippen LogP contribution in [-0.4, -0.2) is 38.6 Å². The van der Waals surface area contributed by atoms with E-state index in [9.17, 15) is 4.79 Å². The van der Waals surface area contributed by atoms with Gasteiger partial charge in [-0.3, -0.25) is 9.48 Å². The standard InChI is InChI=1S/C23H27N5O/c1-2-10-27(15-18-7-8-18)23-14-21(24-17-25-23)22(29)13-19-5-3-6-20(12-19)16-28-11-4-9-26-28/h3-6,9,11-12,14,17-18H,2,7-8,10,13,15-16H2,1H3. The minimum Gasteiger partial charge on any atom is -0.356 e. The lowest BCUT2D eigenvalue weighted by molar-refractivity contribution is 0.0988. The molecule has 6 heteroatoms. The Morgan fingerprint density at radius 2 is 2.03 bits per heavy atom. The Balaban J connectivity index is 1.45. The van der Waals surface area contributed by atoms with Crippen LogP contribution in [0, 0.1) is 5.92 Å². The van der Waals surface area contributed by atoms with E-state index in [-0.39, 0.29) is 5.78 Å². The number of nitrogens with zero attached hydrogens (tertiary/aromatic N) is 5. The molecule has 150 valence electrons. The molecule has 0 N–H and O–H groups in total. The van der Waals surface area contributed by atoms with Gasteiger partial charge in [0.15, 0.2) is 5.78 Å². The van der Waals surface area contributed by atoms with Gasteiger partial charge in [-0.25, -0.2) is 9.97 Å². The van der Waals surface area contributed by atoms with Crippen molar-refractivity contribution in [3.63, 3.8) is 0 Å². The summed E-state index contributed by atoms with van der Waals surface area (Å²) in [6.07, 6.45) is 9.21. The van der Waals surface area contributed by atoms with Gasteiger partial charge < -0.3 is 4.90 Å². The quantitative estimate of drug-likeness (QED) is 0.494. The van der Waals surface area contributed by atoms with Crippen molar-refractivity contribution in [3.8, 4) is 0 Å². The second-order valence-electron chi connectivity index (χ2n) is 7.77. The molecule has 1 aliphatic carbocycles. The predicted octanol–water partition coefficient (Wildman–Crippen LogP) is 3.77. The number of carbonyl (C=O) groups excluding carboxylic acids is 1. The Labute approximate surface area is 171 Å². The van der Waals surface area contributed by atoms with Crippen LogP contribution in [0.2, 0.25) is 0 Å². The number of carbonyl (C=O) groups is 1. The molecule has 0 atom stereocenters. The van der Waals surface area contributed by atoms with E-state index in [0.717, 1.165) is 42.4 Å². The van der Waals surface area contributed by atoms with Crippen LogP contribution in [0.15, 0.2) is 55.1 Å². The van der Waals surface area contributed by atoms with Crippen LogP contribution < -0.4 is 4.90 Å². The third-order valence-corrected chi connectivity index (χ3v) is 5.19. The van der Waals surface area contributed by atoms with Gasteiger partial charge in [-0.1, -0.05) is 31.2 Å². The first-order valence-electron chi connectivity index (χ1n) is 10.4. The van der Waals surface area contributed by atoms with Crippen molar-refractivity contribution < 1.29 is 4.79 Å². The average molecular weight is 390 g/mol. The summed E-state index contributed by atoms with van der Waals surface area (Å²) in [4.78, 5) is 23.9. The average Bonchev–Trinajstić information content (AvgIpc) is 3.41. The van der Waals surface area contributed by atoms with Gasteiger partial charge in [0, 0.05) is 38.0 Å². The van der Waals surface area contributed by atoms with E-state index in [2.05, 4.69) is 39.0 Å². The summed E-state index contributed by atoms with van der Waals surface area (Å²) in [6.45, 7) is 4.84. The lowest BCUT2D eigenvalue weighted by atomic mass is 10.0. The Morgan fingerprint density at radius 3 is 2.79 bits per heavy atom. The second kappa shape index (κ2) is 8.99. The molecule has 0 bridgehead atoms. The fourth-order valence-electron chi connectivity index (χ4n) is 3.55. The maximum atomic E-state index is 12.9. The van der Waals surface area contributed by atoms with Gasteiger partial charge in [-0.2, -0.15) is 5.10 Å². The van der Waals surface area contributed by atoms with Gasteiger partial charge in [-0.05, 0) is 42.4 Å². The van der Waals surface area contributed by atoms with Crippen molar-refractivity contribution in [2.75, 3.05) is 18.0 Å². The van der Waals surface area contributed by atoms with Crippen molar-refractivity contribution >= 4 is 11.6 Å². The molecule has 1 aromatic carbocycles. The number of hydrogen-bond donors (Lipinski definition) is 0. The first kappa shape index (κ1) is 19.3. The monoisotopic (exact) mass is 389 g/mol. The highest BCUT2D eigenvalue weighted by molar-refractivity contribution is 5.96. The van der Waals surface area contributed by atoms with Gasteiger partial charge in [0.1, 0.15) is 17.8 Å². The van der Waals surface area contributed by atoms with E-state index in [4.69, 9.17) is 0 Å². The van der Waals surface area contributed by atoms with Crippen LogP contribution in [-0.2, 0) is 13.0 Å². The van der Waals surface area contributed by atoms with Gasteiger partial charge >= 0.3 is 0 Å². The minimum atomic E-state index is 0.0211. The summed E-state index contributed by atoms with van der Waals surface area (Å²) >= 11 is 0.